The van der Waals surface area contributed by atoms with Crippen LogP contribution in [0.2, 0.25) is 0 Å². The van der Waals surface area contributed by atoms with Crippen molar-refractivity contribution in [3.05, 3.63) is 24.2 Å². The van der Waals surface area contributed by atoms with E-state index in [4.69, 9.17) is 8.97 Å². The van der Waals surface area contributed by atoms with Crippen LogP contribution in [-0.2, 0) is 26.3 Å². The largest absolute Gasteiger partial charge is 0.469 e. The SMILES string of the molecule is O=C(Cc1ccco1)N[C@H]1CN(S(=O)(=O)O)C1=O. The number of rotatable bonds is 4. The van der Waals surface area contributed by atoms with Gasteiger partial charge in [0.1, 0.15) is 11.8 Å². The molecule has 2 heterocycles. The van der Waals surface area contributed by atoms with Gasteiger partial charge in [-0.25, -0.2) is 4.31 Å². The lowest BCUT2D eigenvalue weighted by Gasteiger charge is -2.35. The molecule has 2 rings (SSSR count). The molecule has 0 radical (unpaired) electrons. The lowest BCUT2D eigenvalue weighted by Crippen LogP contribution is -2.65. The van der Waals surface area contributed by atoms with Gasteiger partial charge in [-0.15, -0.1) is 0 Å². The molecule has 98 valence electrons. The minimum absolute atomic E-state index is 0.0390. The third kappa shape index (κ3) is 2.51. The average molecular weight is 274 g/mol. The Morgan fingerprint density at radius 2 is 2.33 bits per heavy atom. The molecular weight excluding hydrogens is 264 g/mol. The Balaban J connectivity index is 1.86. The van der Waals surface area contributed by atoms with E-state index in [1.807, 2.05) is 0 Å². The highest BCUT2D eigenvalue weighted by atomic mass is 32.2. The number of furan rings is 1. The summed E-state index contributed by atoms with van der Waals surface area (Å²) in [5.74, 6) is -0.880. The van der Waals surface area contributed by atoms with Gasteiger partial charge in [-0.3, -0.25) is 14.1 Å². The van der Waals surface area contributed by atoms with Gasteiger partial charge in [-0.2, -0.15) is 8.42 Å². The van der Waals surface area contributed by atoms with Gasteiger partial charge in [-0.05, 0) is 12.1 Å². The summed E-state index contributed by atoms with van der Waals surface area (Å²) in [6, 6.07) is 2.30. The third-order valence-electron chi connectivity index (χ3n) is 2.42. The van der Waals surface area contributed by atoms with Gasteiger partial charge in [0.05, 0.1) is 19.2 Å². The quantitative estimate of drug-likeness (QED) is 0.534. The summed E-state index contributed by atoms with van der Waals surface area (Å²) in [7, 11) is -4.52. The van der Waals surface area contributed by atoms with Crippen LogP contribution in [0.1, 0.15) is 5.76 Å². The number of hydrogen-bond donors (Lipinski definition) is 2. The van der Waals surface area contributed by atoms with Crippen molar-refractivity contribution in [2.24, 2.45) is 0 Å². The van der Waals surface area contributed by atoms with E-state index < -0.39 is 28.2 Å². The summed E-state index contributed by atoms with van der Waals surface area (Å²) in [6.45, 7) is -0.262. The van der Waals surface area contributed by atoms with Crippen molar-refractivity contribution in [3.8, 4) is 0 Å². The molecule has 0 unspecified atom stereocenters. The van der Waals surface area contributed by atoms with Crippen LogP contribution in [0.4, 0.5) is 0 Å². The summed E-state index contributed by atoms with van der Waals surface area (Å²) >= 11 is 0. The van der Waals surface area contributed by atoms with Gasteiger partial charge >= 0.3 is 10.3 Å². The Morgan fingerprint density at radius 3 is 2.83 bits per heavy atom. The predicted molar refractivity (Wildman–Crippen MR) is 57.6 cm³/mol. The van der Waals surface area contributed by atoms with E-state index in [9.17, 15) is 18.0 Å². The van der Waals surface area contributed by atoms with E-state index in [1.54, 1.807) is 12.1 Å². The Kier molecular flexibility index (Phi) is 3.09. The van der Waals surface area contributed by atoms with Crippen molar-refractivity contribution in [1.82, 2.24) is 9.62 Å². The number of hydrogen-bond acceptors (Lipinski definition) is 5. The zero-order valence-electron chi connectivity index (χ0n) is 9.07. The fraction of sp³-hybridized carbons (Fsp3) is 0.333. The topological polar surface area (TPSA) is 117 Å². The highest BCUT2D eigenvalue weighted by Gasteiger charge is 2.44. The smallest absolute Gasteiger partial charge is 0.362 e. The monoisotopic (exact) mass is 274 g/mol. The van der Waals surface area contributed by atoms with Crippen LogP contribution < -0.4 is 5.32 Å². The second-order valence-corrected chi connectivity index (χ2v) is 5.06. The first kappa shape index (κ1) is 12.6. The molecule has 8 nitrogen and oxygen atoms in total. The molecule has 0 saturated carbocycles. The standard InChI is InChI=1S/C9H10N2O6S/c12-8(4-6-2-1-3-17-6)10-7-5-11(9(7)13)18(14,15)16/h1-3,7H,4-5H2,(H,10,12)(H,14,15,16)/t7-/m0/s1. The van der Waals surface area contributed by atoms with Crippen molar-refractivity contribution in [2.75, 3.05) is 6.54 Å². The summed E-state index contributed by atoms with van der Waals surface area (Å²) < 4.78 is 35.1. The molecule has 1 aromatic rings. The van der Waals surface area contributed by atoms with Crippen molar-refractivity contribution in [2.45, 2.75) is 12.5 Å². The zero-order chi connectivity index (χ0) is 13.3. The third-order valence-corrected chi connectivity index (χ3v) is 3.31. The Hall–Kier alpha value is -1.87. The predicted octanol–water partition coefficient (Wildman–Crippen LogP) is -1.05. The maximum atomic E-state index is 11.5. The summed E-state index contributed by atoms with van der Waals surface area (Å²) in [4.78, 5) is 22.8. The first-order valence-electron chi connectivity index (χ1n) is 4.98. The van der Waals surface area contributed by atoms with Gasteiger partial charge in [0, 0.05) is 0 Å². The summed E-state index contributed by atoms with van der Waals surface area (Å²) in [5, 5.41) is 2.34. The second-order valence-electron chi connectivity index (χ2n) is 3.72. The van der Waals surface area contributed by atoms with Gasteiger partial charge < -0.3 is 9.73 Å². The van der Waals surface area contributed by atoms with E-state index >= 15 is 0 Å². The fourth-order valence-corrected chi connectivity index (χ4v) is 2.22. The lowest BCUT2D eigenvalue weighted by atomic mass is 10.1. The van der Waals surface area contributed by atoms with Crippen LogP contribution in [0.15, 0.2) is 22.8 Å². The van der Waals surface area contributed by atoms with Crippen LogP contribution in [0, 0.1) is 0 Å². The molecule has 1 atom stereocenters. The summed E-state index contributed by atoms with van der Waals surface area (Å²) in [6.07, 6.45) is 1.37. The number of carbonyl (C=O) groups is 2. The molecule has 1 aliphatic heterocycles. The molecule has 2 N–H and O–H groups in total. The van der Waals surface area contributed by atoms with Crippen molar-refractivity contribution in [3.63, 3.8) is 0 Å². The molecule has 1 aromatic heterocycles. The van der Waals surface area contributed by atoms with Gasteiger partial charge in [-0.1, -0.05) is 0 Å². The maximum Gasteiger partial charge on any atom is 0.362 e. The molecular formula is C9H10N2O6S. The molecule has 1 saturated heterocycles. The molecule has 0 spiro atoms. The molecule has 1 fully saturated rings. The first-order chi connectivity index (χ1) is 8.38. The number of nitrogens with one attached hydrogen (secondary N) is 1. The minimum atomic E-state index is -4.52. The first-order valence-corrected chi connectivity index (χ1v) is 6.38. The Morgan fingerprint density at radius 1 is 1.61 bits per heavy atom. The lowest BCUT2D eigenvalue weighted by molar-refractivity contribution is -0.140. The number of amides is 2. The summed E-state index contributed by atoms with van der Waals surface area (Å²) in [5.41, 5.74) is 0. The highest BCUT2D eigenvalue weighted by Crippen LogP contribution is 2.14. The van der Waals surface area contributed by atoms with Gasteiger partial charge in [0.15, 0.2) is 0 Å². The van der Waals surface area contributed by atoms with Crippen LogP contribution in [0.5, 0.6) is 0 Å². The van der Waals surface area contributed by atoms with Crippen molar-refractivity contribution in [1.29, 1.82) is 0 Å². The van der Waals surface area contributed by atoms with Gasteiger partial charge in [0.2, 0.25) is 5.91 Å². The van der Waals surface area contributed by atoms with Crippen LogP contribution in [-0.4, -0.2) is 41.7 Å². The molecule has 18 heavy (non-hydrogen) atoms. The molecule has 0 bridgehead atoms. The fourth-order valence-electron chi connectivity index (χ4n) is 1.53. The molecule has 2 amide bonds. The Bertz CT molecular complexity index is 564. The van der Waals surface area contributed by atoms with E-state index in [-0.39, 0.29) is 17.3 Å². The minimum Gasteiger partial charge on any atom is -0.469 e. The van der Waals surface area contributed by atoms with E-state index in [0.717, 1.165) is 0 Å². The normalized spacial score (nSPS) is 19.5. The number of carbonyl (C=O) groups excluding carboxylic acids is 2. The molecule has 0 aromatic carbocycles. The maximum absolute atomic E-state index is 11.5. The van der Waals surface area contributed by atoms with Crippen molar-refractivity contribution >= 4 is 22.1 Å². The zero-order valence-corrected chi connectivity index (χ0v) is 9.88. The van der Waals surface area contributed by atoms with E-state index in [0.29, 0.717) is 5.76 Å². The van der Waals surface area contributed by atoms with Gasteiger partial charge in [0.25, 0.3) is 5.91 Å². The number of β-lactam (4-membered cyclic amide) rings is 1. The van der Waals surface area contributed by atoms with E-state index in [2.05, 4.69) is 5.32 Å². The highest BCUT2D eigenvalue weighted by molar-refractivity contribution is 7.84. The van der Waals surface area contributed by atoms with Crippen molar-refractivity contribution < 1.29 is 27.0 Å². The van der Waals surface area contributed by atoms with Crippen LogP contribution >= 0.6 is 0 Å². The molecule has 9 heteroatoms. The Labute approximate surface area is 102 Å². The van der Waals surface area contributed by atoms with Crippen LogP contribution in [0.25, 0.3) is 0 Å². The average Bonchev–Trinajstić information content (AvgIpc) is 2.74. The number of nitrogens with zero attached hydrogens (tertiary/aromatic N) is 1. The molecule has 1 aliphatic rings. The second kappa shape index (κ2) is 4.42. The molecule has 0 aliphatic carbocycles. The van der Waals surface area contributed by atoms with E-state index in [1.165, 1.54) is 6.26 Å². The van der Waals surface area contributed by atoms with Crippen LogP contribution in [0.3, 0.4) is 0 Å².